The van der Waals surface area contributed by atoms with Gasteiger partial charge in [-0.05, 0) is 60.6 Å². The molecular weight excluding hydrogens is 429 g/mol. The molecule has 2 aromatic rings. The van der Waals surface area contributed by atoms with E-state index in [0.29, 0.717) is 12.1 Å². The number of carboxylic acids is 1. The van der Waals surface area contributed by atoms with Gasteiger partial charge in [0.25, 0.3) is 0 Å². The second kappa shape index (κ2) is 8.47. The minimum absolute atomic E-state index is 0.266. The van der Waals surface area contributed by atoms with Crippen LogP contribution in [0.2, 0.25) is 0 Å². The number of aryl methyl sites for hydroxylation is 2. The zero-order valence-corrected chi connectivity index (χ0v) is 16.7. The summed E-state index contributed by atoms with van der Waals surface area (Å²) in [6.07, 6.45) is 0.394. The quantitative estimate of drug-likeness (QED) is 0.639. The number of amides is 1. The summed E-state index contributed by atoms with van der Waals surface area (Å²) in [5.74, 6) is -2.65. The maximum Gasteiger partial charge on any atom is 0.307 e. The van der Waals surface area contributed by atoms with Crippen LogP contribution in [0.3, 0.4) is 0 Å². The van der Waals surface area contributed by atoms with Crippen LogP contribution in [0.25, 0.3) is 0 Å². The summed E-state index contributed by atoms with van der Waals surface area (Å²) in [7, 11) is 0. The van der Waals surface area contributed by atoms with Crippen LogP contribution >= 0.6 is 22.6 Å². The molecule has 0 aromatic heterocycles. The Balaban J connectivity index is 2.27. The lowest BCUT2D eigenvalue weighted by molar-refractivity contribution is -0.145. The number of carbonyl (C=O) groups is 2. The Morgan fingerprint density at radius 1 is 1.12 bits per heavy atom. The van der Waals surface area contributed by atoms with E-state index in [0.717, 1.165) is 20.3 Å². The van der Waals surface area contributed by atoms with E-state index < -0.39 is 17.8 Å². The summed E-state index contributed by atoms with van der Waals surface area (Å²) in [6.45, 7) is 5.59. The first-order valence-corrected chi connectivity index (χ1v) is 9.21. The third kappa shape index (κ3) is 5.29. The average molecular weight is 451 g/mol. The Morgan fingerprint density at radius 3 is 2.28 bits per heavy atom. The molecule has 0 aliphatic rings. The molecule has 0 fully saturated rings. The van der Waals surface area contributed by atoms with Crippen LogP contribution in [0.15, 0.2) is 42.5 Å². The summed E-state index contributed by atoms with van der Waals surface area (Å²) in [6, 6.07) is 13.5. The van der Waals surface area contributed by atoms with Crippen molar-refractivity contribution < 1.29 is 14.7 Å². The molecule has 0 aliphatic heterocycles. The molecule has 0 unspecified atom stereocenters. The SMILES string of the molecule is Cc1cc(C)cc(C[C@@H](C(=O)Nc2ccccc2I)[C@H](C)C(=O)O)c1. The fourth-order valence-electron chi connectivity index (χ4n) is 2.90. The van der Waals surface area contributed by atoms with Crippen molar-refractivity contribution >= 4 is 40.2 Å². The predicted octanol–water partition coefficient (Wildman–Crippen LogP) is 4.43. The fraction of sp³-hybridized carbons (Fsp3) is 0.300. The van der Waals surface area contributed by atoms with E-state index in [1.54, 1.807) is 6.92 Å². The van der Waals surface area contributed by atoms with E-state index in [1.807, 2.05) is 50.2 Å². The Morgan fingerprint density at radius 2 is 1.72 bits per heavy atom. The number of benzene rings is 2. The second-order valence-corrected chi connectivity index (χ2v) is 7.56. The molecule has 1 amide bonds. The van der Waals surface area contributed by atoms with Gasteiger partial charge in [0.1, 0.15) is 0 Å². The van der Waals surface area contributed by atoms with E-state index in [9.17, 15) is 14.7 Å². The Hall–Kier alpha value is -1.89. The molecule has 2 N–H and O–H groups in total. The molecule has 0 bridgehead atoms. The highest BCUT2D eigenvalue weighted by Crippen LogP contribution is 2.24. The van der Waals surface area contributed by atoms with Gasteiger partial charge in [0.2, 0.25) is 5.91 Å². The Kier molecular flexibility index (Phi) is 6.58. The zero-order valence-electron chi connectivity index (χ0n) is 14.5. The largest absolute Gasteiger partial charge is 0.481 e. The van der Waals surface area contributed by atoms with Gasteiger partial charge in [-0.3, -0.25) is 9.59 Å². The van der Waals surface area contributed by atoms with E-state index >= 15 is 0 Å². The maximum atomic E-state index is 12.8. The molecule has 0 heterocycles. The molecule has 0 saturated heterocycles. The second-order valence-electron chi connectivity index (χ2n) is 6.40. The van der Waals surface area contributed by atoms with Crippen LogP contribution < -0.4 is 5.32 Å². The predicted molar refractivity (Wildman–Crippen MR) is 108 cm³/mol. The van der Waals surface area contributed by atoms with Gasteiger partial charge >= 0.3 is 5.97 Å². The molecule has 4 nitrogen and oxygen atoms in total. The van der Waals surface area contributed by atoms with Crippen LogP contribution in [0, 0.1) is 29.3 Å². The van der Waals surface area contributed by atoms with Crippen molar-refractivity contribution in [1.82, 2.24) is 0 Å². The van der Waals surface area contributed by atoms with Gasteiger partial charge in [-0.1, -0.05) is 48.4 Å². The molecule has 25 heavy (non-hydrogen) atoms. The van der Waals surface area contributed by atoms with Gasteiger partial charge in [-0.2, -0.15) is 0 Å². The number of aliphatic carboxylic acids is 1. The highest BCUT2D eigenvalue weighted by atomic mass is 127. The summed E-state index contributed by atoms with van der Waals surface area (Å²) in [5, 5.41) is 12.3. The van der Waals surface area contributed by atoms with E-state index in [4.69, 9.17) is 0 Å². The Labute approximate surface area is 161 Å². The first-order valence-electron chi connectivity index (χ1n) is 8.13. The first-order chi connectivity index (χ1) is 11.8. The molecule has 0 saturated carbocycles. The number of hydrogen-bond donors (Lipinski definition) is 2. The van der Waals surface area contributed by atoms with Crippen molar-refractivity contribution in [3.8, 4) is 0 Å². The summed E-state index contributed by atoms with van der Waals surface area (Å²) in [5.41, 5.74) is 3.90. The molecule has 5 heteroatoms. The van der Waals surface area contributed by atoms with Crippen molar-refractivity contribution in [3.63, 3.8) is 0 Å². The minimum atomic E-state index is -0.965. The molecule has 0 spiro atoms. The van der Waals surface area contributed by atoms with Crippen molar-refractivity contribution in [2.45, 2.75) is 27.2 Å². The van der Waals surface area contributed by atoms with Crippen LogP contribution in [0.5, 0.6) is 0 Å². The summed E-state index contributed by atoms with van der Waals surface area (Å²) in [4.78, 5) is 24.3. The highest BCUT2D eigenvalue weighted by Gasteiger charge is 2.30. The molecule has 132 valence electrons. The number of rotatable bonds is 6. The van der Waals surface area contributed by atoms with Crippen LogP contribution in [-0.2, 0) is 16.0 Å². The molecule has 2 atom stereocenters. The third-order valence-electron chi connectivity index (χ3n) is 4.20. The van der Waals surface area contributed by atoms with Gasteiger partial charge in [0.05, 0.1) is 17.5 Å². The first kappa shape index (κ1) is 19.4. The van der Waals surface area contributed by atoms with Crippen molar-refractivity contribution in [2.24, 2.45) is 11.8 Å². The number of hydrogen-bond acceptors (Lipinski definition) is 2. The van der Waals surface area contributed by atoms with Crippen molar-refractivity contribution in [2.75, 3.05) is 5.32 Å². The van der Waals surface area contributed by atoms with Crippen LogP contribution in [0.1, 0.15) is 23.6 Å². The maximum absolute atomic E-state index is 12.8. The van der Waals surface area contributed by atoms with E-state index in [1.165, 1.54) is 0 Å². The van der Waals surface area contributed by atoms with Gasteiger partial charge in [0.15, 0.2) is 0 Å². The summed E-state index contributed by atoms with van der Waals surface area (Å²) >= 11 is 2.15. The van der Waals surface area contributed by atoms with Crippen molar-refractivity contribution in [3.05, 3.63) is 62.7 Å². The van der Waals surface area contributed by atoms with Crippen LogP contribution in [0.4, 0.5) is 5.69 Å². The zero-order chi connectivity index (χ0) is 18.6. The standard InChI is InChI=1S/C20H22INO3/c1-12-8-13(2)10-15(9-12)11-16(14(3)20(24)25)19(23)22-18-7-5-4-6-17(18)21/h4-10,14,16H,11H2,1-3H3,(H,22,23)(H,24,25)/t14-,16+/m0/s1. The minimum Gasteiger partial charge on any atom is -0.481 e. The van der Waals surface area contributed by atoms with Crippen molar-refractivity contribution in [1.29, 1.82) is 0 Å². The van der Waals surface area contributed by atoms with E-state index in [-0.39, 0.29) is 5.91 Å². The lowest BCUT2D eigenvalue weighted by atomic mass is 9.86. The smallest absolute Gasteiger partial charge is 0.307 e. The number of nitrogens with one attached hydrogen (secondary N) is 1. The summed E-state index contributed by atoms with van der Waals surface area (Å²) < 4.78 is 0.918. The number of halogens is 1. The molecular formula is C20H22INO3. The monoisotopic (exact) mass is 451 g/mol. The van der Waals surface area contributed by atoms with Gasteiger partial charge in [-0.25, -0.2) is 0 Å². The lowest BCUT2D eigenvalue weighted by Gasteiger charge is -2.21. The molecule has 0 aliphatic carbocycles. The molecule has 2 rings (SSSR count). The molecule has 0 radical (unpaired) electrons. The lowest BCUT2D eigenvalue weighted by Crippen LogP contribution is -2.34. The van der Waals surface area contributed by atoms with E-state index in [2.05, 4.69) is 34.0 Å². The van der Waals surface area contributed by atoms with Gasteiger partial charge < -0.3 is 10.4 Å². The highest BCUT2D eigenvalue weighted by molar-refractivity contribution is 14.1. The molecule has 2 aromatic carbocycles. The Bertz CT molecular complexity index is 768. The van der Waals surface area contributed by atoms with Gasteiger partial charge in [0, 0.05) is 3.57 Å². The topological polar surface area (TPSA) is 66.4 Å². The third-order valence-corrected chi connectivity index (χ3v) is 5.14. The fourth-order valence-corrected chi connectivity index (χ4v) is 3.42. The number of carboxylic acid groups (broad SMARTS) is 1. The van der Waals surface area contributed by atoms with Gasteiger partial charge in [-0.15, -0.1) is 0 Å². The average Bonchev–Trinajstić information content (AvgIpc) is 2.53. The number of para-hydroxylation sites is 1. The number of carbonyl (C=O) groups excluding carboxylic acids is 1. The number of anilines is 1. The van der Waals surface area contributed by atoms with Crippen LogP contribution in [-0.4, -0.2) is 17.0 Å². The normalized spacial score (nSPS) is 13.1.